The summed E-state index contributed by atoms with van der Waals surface area (Å²) >= 11 is 12.3. The van der Waals surface area contributed by atoms with Gasteiger partial charge >= 0.3 is 0 Å². The number of rotatable bonds is 11. The number of nitrogens with zero attached hydrogens (tertiary/aromatic N) is 3. The molecule has 3 aromatic carbocycles. The Morgan fingerprint density at radius 3 is 2.11 bits per heavy atom. The van der Waals surface area contributed by atoms with Crippen LogP contribution >= 0.6 is 23.2 Å². The van der Waals surface area contributed by atoms with Crippen molar-refractivity contribution in [1.82, 2.24) is 9.31 Å². The molecule has 0 N–H and O–H groups in total. The van der Waals surface area contributed by atoms with E-state index in [-0.39, 0.29) is 49.1 Å². The summed E-state index contributed by atoms with van der Waals surface area (Å²) in [6.45, 7) is 0.862. The number of allylic oxidation sites excluding steroid dienone is 1. The smallest absolute Gasteiger partial charge is 0.274 e. The van der Waals surface area contributed by atoms with E-state index >= 15 is 0 Å². The Bertz CT molecular complexity index is 1620. The highest BCUT2D eigenvalue weighted by molar-refractivity contribution is 7.89. The van der Waals surface area contributed by atoms with Gasteiger partial charge in [-0.15, -0.1) is 0 Å². The van der Waals surface area contributed by atoms with E-state index in [4.69, 9.17) is 37.8 Å². The molecule has 8 nitrogen and oxygen atoms in total. The van der Waals surface area contributed by atoms with Crippen LogP contribution in [0.2, 0.25) is 10.0 Å². The second-order valence-corrected chi connectivity index (χ2v) is 13.6. The number of carbonyl (C=O) groups excluding carboxylic acids is 1. The van der Waals surface area contributed by atoms with Gasteiger partial charge in [0.05, 0.1) is 29.9 Å². The van der Waals surface area contributed by atoms with Gasteiger partial charge in [0, 0.05) is 48.8 Å². The van der Waals surface area contributed by atoms with Gasteiger partial charge in [-0.25, -0.2) is 13.4 Å². The van der Waals surface area contributed by atoms with Gasteiger partial charge in [0.15, 0.2) is 0 Å². The van der Waals surface area contributed by atoms with E-state index in [1.807, 2.05) is 48.5 Å². The highest BCUT2D eigenvalue weighted by Crippen LogP contribution is 2.45. The Morgan fingerprint density at radius 2 is 1.52 bits per heavy atom. The van der Waals surface area contributed by atoms with Crippen molar-refractivity contribution in [2.24, 2.45) is 11.0 Å². The topological polar surface area (TPSA) is 88.5 Å². The number of hydrogen-bond acceptors (Lipinski definition) is 6. The average molecular weight is 657 g/mol. The Morgan fingerprint density at radius 1 is 0.932 bits per heavy atom. The third-order valence-electron chi connectivity index (χ3n) is 7.96. The Balaban J connectivity index is 1.48. The van der Waals surface area contributed by atoms with E-state index in [9.17, 15) is 13.2 Å². The maximum atomic E-state index is 14.1. The Labute approximate surface area is 268 Å². The van der Waals surface area contributed by atoms with Gasteiger partial charge in [-0.05, 0) is 90.6 Å². The van der Waals surface area contributed by atoms with Crippen molar-refractivity contribution < 1.29 is 22.7 Å². The van der Waals surface area contributed by atoms with E-state index in [0.29, 0.717) is 15.6 Å². The lowest BCUT2D eigenvalue weighted by Gasteiger charge is -2.29. The summed E-state index contributed by atoms with van der Waals surface area (Å²) in [6.07, 6.45) is 4.81. The molecule has 44 heavy (non-hydrogen) atoms. The SMILES string of the molecule is COCCN(CCOC)S(=O)(=O)c1ccc(C(=O)N2N=C3/C(=C\c4ccc(Cl)cc4)CCCC3C2c2ccc(Cl)cc2)cc1. The quantitative estimate of drug-likeness (QED) is 0.229. The Hall–Kier alpha value is -3.05. The number of hydrogen-bond donors (Lipinski definition) is 0. The molecule has 0 aromatic heterocycles. The molecular weight excluding hydrogens is 621 g/mol. The minimum atomic E-state index is -3.83. The molecule has 1 fully saturated rings. The van der Waals surface area contributed by atoms with E-state index in [1.165, 1.54) is 30.7 Å². The molecule has 0 saturated heterocycles. The molecule has 3 aromatic rings. The van der Waals surface area contributed by atoms with Crippen molar-refractivity contribution in [2.45, 2.75) is 30.2 Å². The van der Waals surface area contributed by atoms with Crippen LogP contribution in [0.5, 0.6) is 0 Å². The van der Waals surface area contributed by atoms with Crippen molar-refractivity contribution in [3.63, 3.8) is 0 Å². The van der Waals surface area contributed by atoms with Crippen molar-refractivity contribution in [1.29, 1.82) is 0 Å². The summed E-state index contributed by atoms with van der Waals surface area (Å²) < 4.78 is 38.3. The van der Waals surface area contributed by atoms with Gasteiger partial charge in [0.25, 0.3) is 5.91 Å². The number of halogens is 2. The van der Waals surface area contributed by atoms with Crippen LogP contribution in [-0.4, -0.2) is 69.9 Å². The van der Waals surface area contributed by atoms with Gasteiger partial charge in [-0.3, -0.25) is 4.79 Å². The lowest BCUT2D eigenvalue weighted by Crippen LogP contribution is -2.36. The van der Waals surface area contributed by atoms with Crippen LogP contribution in [-0.2, 0) is 19.5 Å². The number of carbonyl (C=O) groups is 1. The zero-order chi connectivity index (χ0) is 31.3. The van der Waals surface area contributed by atoms with Gasteiger partial charge in [-0.1, -0.05) is 47.5 Å². The summed E-state index contributed by atoms with van der Waals surface area (Å²) in [5.41, 5.74) is 4.28. The number of ether oxygens (including phenoxy) is 2. The minimum Gasteiger partial charge on any atom is -0.383 e. The largest absolute Gasteiger partial charge is 0.383 e. The molecule has 232 valence electrons. The first kappa shape index (κ1) is 32.3. The van der Waals surface area contributed by atoms with Gasteiger partial charge in [0.1, 0.15) is 0 Å². The highest BCUT2D eigenvalue weighted by Gasteiger charge is 2.44. The molecule has 1 aliphatic carbocycles. The summed E-state index contributed by atoms with van der Waals surface area (Å²) in [6, 6.07) is 20.9. The van der Waals surface area contributed by atoms with Crippen LogP contribution in [0, 0.1) is 5.92 Å². The van der Waals surface area contributed by atoms with Crippen LogP contribution < -0.4 is 0 Å². The summed E-state index contributed by atoms with van der Waals surface area (Å²) in [4.78, 5) is 14.2. The van der Waals surface area contributed by atoms with Crippen molar-refractivity contribution in [3.05, 3.63) is 105 Å². The molecule has 2 aliphatic rings. The number of amides is 1. The summed E-state index contributed by atoms with van der Waals surface area (Å²) in [7, 11) is -0.787. The van der Waals surface area contributed by atoms with Gasteiger partial charge in [0.2, 0.25) is 10.0 Å². The first-order valence-electron chi connectivity index (χ1n) is 14.4. The molecule has 1 heterocycles. The third-order valence-corrected chi connectivity index (χ3v) is 10.4. The van der Waals surface area contributed by atoms with Gasteiger partial charge in [-0.2, -0.15) is 9.41 Å². The molecule has 0 spiro atoms. The van der Waals surface area contributed by atoms with Crippen LogP contribution in [0.1, 0.15) is 46.8 Å². The number of methoxy groups -OCH3 is 2. The molecule has 1 saturated carbocycles. The van der Waals surface area contributed by atoms with Crippen LogP contribution in [0.15, 0.2) is 88.4 Å². The molecule has 1 amide bonds. The fourth-order valence-corrected chi connectivity index (χ4v) is 7.37. The second-order valence-electron chi connectivity index (χ2n) is 10.8. The number of sulfonamides is 1. The fraction of sp³-hybridized carbons (Fsp3) is 0.333. The maximum Gasteiger partial charge on any atom is 0.274 e. The summed E-state index contributed by atoms with van der Waals surface area (Å²) in [5, 5.41) is 7.78. The molecule has 5 rings (SSSR count). The van der Waals surface area contributed by atoms with Crippen LogP contribution in [0.4, 0.5) is 0 Å². The lowest BCUT2D eigenvalue weighted by atomic mass is 9.77. The highest BCUT2D eigenvalue weighted by atomic mass is 35.5. The number of fused-ring (bicyclic) bond motifs is 1. The summed E-state index contributed by atoms with van der Waals surface area (Å²) in [5.74, 6) is -0.306. The Kier molecular flexibility index (Phi) is 10.6. The zero-order valence-electron chi connectivity index (χ0n) is 24.7. The minimum absolute atomic E-state index is 0.00204. The zero-order valence-corrected chi connectivity index (χ0v) is 27.0. The normalized spacial score (nSPS) is 19.3. The van der Waals surface area contributed by atoms with E-state index < -0.39 is 10.0 Å². The van der Waals surface area contributed by atoms with Gasteiger partial charge < -0.3 is 9.47 Å². The van der Waals surface area contributed by atoms with Crippen LogP contribution in [0.25, 0.3) is 6.08 Å². The molecule has 0 radical (unpaired) electrons. The molecule has 1 aliphatic heterocycles. The van der Waals surface area contributed by atoms with Crippen molar-refractivity contribution in [2.75, 3.05) is 40.5 Å². The molecule has 2 atom stereocenters. The van der Waals surface area contributed by atoms with Crippen molar-refractivity contribution >= 4 is 50.9 Å². The third kappa shape index (κ3) is 7.09. The molecular formula is C33H35Cl2N3O5S. The van der Waals surface area contributed by atoms with Crippen molar-refractivity contribution in [3.8, 4) is 0 Å². The molecule has 2 unspecified atom stereocenters. The lowest BCUT2D eigenvalue weighted by molar-refractivity contribution is 0.0680. The average Bonchev–Trinajstić information content (AvgIpc) is 3.43. The number of benzene rings is 3. The molecule has 11 heteroatoms. The van der Waals surface area contributed by atoms with E-state index in [0.717, 1.165) is 41.7 Å². The second kappa shape index (κ2) is 14.4. The maximum absolute atomic E-state index is 14.1. The standard InChI is InChI=1S/C33H35Cl2N3O5S/c1-42-20-18-37(19-21-43-2)44(40,41)29-16-10-25(11-17-29)33(39)38-32(24-8-14-28(35)15-9-24)30-5-3-4-26(31(30)36-38)22-23-6-12-27(34)13-7-23/h6-17,22,30,32H,3-5,18-21H2,1-2H3/b26-22-. The predicted molar refractivity (Wildman–Crippen MR) is 174 cm³/mol. The predicted octanol–water partition coefficient (Wildman–Crippen LogP) is 6.71. The molecule has 0 bridgehead atoms. The van der Waals surface area contributed by atoms with Crippen LogP contribution in [0.3, 0.4) is 0 Å². The number of hydrazone groups is 1. The fourth-order valence-electron chi connectivity index (χ4n) is 5.71. The first-order chi connectivity index (χ1) is 21.2. The monoisotopic (exact) mass is 655 g/mol. The van der Waals surface area contributed by atoms with E-state index in [2.05, 4.69) is 6.08 Å². The first-order valence-corrected chi connectivity index (χ1v) is 16.6. The van der Waals surface area contributed by atoms with E-state index in [1.54, 1.807) is 17.1 Å².